The Labute approximate surface area is 228 Å². The van der Waals surface area contributed by atoms with Crippen LogP contribution in [0.25, 0.3) is 0 Å². The van der Waals surface area contributed by atoms with Crippen LogP contribution in [0.15, 0.2) is 36.4 Å². The summed E-state index contributed by atoms with van der Waals surface area (Å²) in [6.45, 7) is -0.965. The van der Waals surface area contributed by atoms with E-state index in [4.69, 9.17) is 9.47 Å². The first kappa shape index (κ1) is 31.1. The molecule has 0 atom stereocenters. The predicted octanol–water partition coefficient (Wildman–Crippen LogP) is 0.523. The fourth-order valence-electron chi connectivity index (χ4n) is 3.12. The number of nitrogens with one attached hydrogen (secondary N) is 2. The number of rotatable bonds is 13. The van der Waals surface area contributed by atoms with Gasteiger partial charge in [0.25, 0.3) is 11.8 Å². The summed E-state index contributed by atoms with van der Waals surface area (Å²) in [5.74, 6) is -4.05. The highest BCUT2D eigenvalue weighted by atomic mass is 16.5. The van der Waals surface area contributed by atoms with E-state index in [0.29, 0.717) is 0 Å². The Morgan fingerprint density at radius 3 is 1.23 bits per heavy atom. The van der Waals surface area contributed by atoms with Gasteiger partial charge < -0.3 is 39.1 Å². The molecule has 14 nitrogen and oxygen atoms in total. The lowest BCUT2D eigenvalue weighted by molar-refractivity contribution is -0.124. The molecule has 0 radical (unpaired) electrons. The average Bonchev–Trinajstić information content (AvgIpc) is 2.98. The van der Waals surface area contributed by atoms with Crippen molar-refractivity contribution < 1.29 is 57.2 Å². The van der Waals surface area contributed by atoms with Gasteiger partial charge in [0.2, 0.25) is 0 Å². The molecule has 0 aliphatic heterocycles. The van der Waals surface area contributed by atoms with E-state index >= 15 is 0 Å². The van der Waals surface area contributed by atoms with Crippen LogP contribution in [0, 0.1) is 0 Å². The predicted molar refractivity (Wildman–Crippen MR) is 135 cm³/mol. The molecule has 214 valence electrons. The Kier molecular flexibility index (Phi) is 11.9. The SMILES string of the molecule is COC(=O)c1ccc(C(=O)OC)c(OCC(=O)NCCNC(=O)COc2cc(C(=O)OC)ccc2C(=O)OC)c1. The minimum Gasteiger partial charge on any atom is -0.483 e. The van der Waals surface area contributed by atoms with Crippen molar-refractivity contribution in [1.29, 1.82) is 0 Å². The molecule has 0 aliphatic carbocycles. The molecule has 40 heavy (non-hydrogen) atoms. The van der Waals surface area contributed by atoms with Crippen LogP contribution in [0.1, 0.15) is 41.4 Å². The van der Waals surface area contributed by atoms with Gasteiger partial charge in [-0.25, -0.2) is 19.2 Å². The highest BCUT2D eigenvalue weighted by molar-refractivity contribution is 5.97. The van der Waals surface area contributed by atoms with Crippen LogP contribution >= 0.6 is 0 Å². The van der Waals surface area contributed by atoms with E-state index < -0.39 is 48.9 Å². The van der Waals surface area contributed by atoms with Crippen LogP contribution in [0.3, 0.4) is 0 Å². The highest BCUT2D eigenvalue weighted by Crippen LogP contribution is 2.23. The van der Waals surface area contributed by atoms with Gasteiger partial charge in [0.15, 0.2) is 13.2 Å². The van der Waals surface area contributed by atoms with Crippen LogP contribution in [-0.2, 0) is 28.5 Å². The number of methoxy groups -OCH3 is 4. The average molecular weight is 561 g/mol. The first-order valence-electron chi connectivity index (χ1n) is 11.6. The van der Waals surface area contributed by atoms with E-state index in [2.05, 4.69) is 29.6 Å². The van der Waals surface area contributed by atoms with E-state index in [1.807, 2.05) is 0 Å². The third kappa shape index (κ3) is 8.72. The van der Waals surface area contributed by atoms with E-state index in [1.54, 1.807) is 0 Å². The number of esters is 4. The third-order valence-electron chi connectivity index (χ3n) is 5.10. The Balaban J connectivity index is 1.86. The molecule has 2 aromatic carbocycles. The fraction of sp³-hybridized carbons (Fsp3) is 0.308. The first-order chi connectivity index (χ1) is 19.1. The first-order valence-corrected chi connectivity index (χ1v) is 11.6. The van der Waals surface area contributed by atoms with Crippen LogP contribution in [-0.4, -0.2) is 90.4 Å². The fourth-order valence-corrected chi connectivity index (χ4v) is 3.12. The van der Waals surface area contributed by atoms with Gasteiger partial charge in [0, 0.05) is 13.1 Å². The molecule has 2 amide bonds. The Hall–Kier alpha value is -5.14. The summed E-state index contributed by atoms with van der Waals surface area (Å²) in [6.07, 6.45) is 0. The molecule has 0 unspecified atom stereocenters. The number of ether oxygens (including phenoxy) is 6. The second-order valence-corrected chi connectivity index (χ2v) is 7.67. The van der Waals surface area contributed by atoms with E-state index in [0.717, 1.165) is 0 Å². The summed E-state index contributed by atoms with van der Waals surface area (Å²) < 4.78 is 29.4. The number of benzene rings is 2. The molecule has 0 saturated heterocycles. The van der Waals surface area contributed by atoms with Crippen molar-refractivity contribution in [2.24, 2.45) is 0 Å². The molecule has 2 rings (SSSR count). The van der Waals surface area contributed by atoms with Crippen molar-refractivity contribution in [3.8, 4) is 11.5 Å². The second-order valence-electron chi connectivity index (χ2n) is 7.67. The smallest absolute Gasteiger partial charge is 0.341 e. The molecule has 14 heteroatoms. The van der Waals surface area contributed by atoms with E-state index in [-0.39, 0.29) is 46.8 Å². The third-order valence-corrected chi connectivity index (χ3v) is 5.10. The van der Waals surface area contributed by atoms with Crippen LogP contribution < -0.4 is 20.1 Å². The number of carbonyl (C=O) groups is 6. The van der Waals surface area contributed by atoms with Crippen molar-refractivity contribution in [3.05, 3.63) is 58.7 Å². The second kappa shape index (κ2) is 15.3. The molecular weight excluding hydrogens is 532 g/mol. The van der Waals surface area contributed by atoms with Gasteiger partial charge in [-0.2, -0.15) is 0 Å². The lowest BCUT2D eigenvalue weighted by Crippen LogP contribution is -2.38. The lowest BCUT2D eigenvalue weighted by atomic mass is 10.1. The molecule has 0 aliphatic rings. The van der Waals surface area contributed by atoms with Gasteiger partial charge in [0.05, 0.1) is 39.6 Å². The quantitative estimate of drug-likeness (QED) is 0.197. The topological polar surface area (TPSA) is 182 Å². The zero-order valence-electron chi connectivity index (χ0n) is 22.2. The van der Waals surface area contributed by atoms with E-state index in [9.17, 15) is 28.8 Å². The van der Waals surface area contributed by atoms with Gasteiger partial charge in [0.1, 0.15) is 22.6 Å². The zero-order valence-corrected chi connectivity index (χ0v) is 22.2. The van der Waals surface area contributed by atoms with Crippen LogP contribution in [0.5, 0.6) is 11.5 Å². The molecule has 0 fully saturated rings. The van der Waals surface area contributed by atoms with Gasteiger partial charge in [-0.15, -0.1) is 0 Å². The minimum absolute atomic E-state index is 0.00250. The van der Waals surface area contributed by atoms with Crippen molar-refractivity contribution >= 4 is 35.7 Å². The van der Waals surface area contributed by atoms with Gasteiger partial charge in [-0.3, -0.25) is 9.59 Å². The highest BCUT2D eigenvalue weighted by Gasteiger charge is 2.19. The van der Waals surface area contributed by atoms with Crippen LogP contribution in [0.2, 0.25) is 0 Å². The van der Waals surface area contributed by atoms with Crippen molar-refractivity contribution in [3.63, 3.8) is 0 Å². The number of hydrogen-bond donors (Lipinski definition) is 2. The lowest BCUT2D eigenvalue weighted by Gasteiger charge is -2.13. The maximum Gasteiger partial charge on any atom is 0.341 e. The van der Waals surface area contributed by atoms with Gasteiger partial charge >= 0.3 is 23.9 Å². The zero-order chi connectivity index (χ0) is 29.7. The summed E-state index contributed by atoms with van der Waals surface area (Å²) in [4.78, 5) is 71.8. The number of hydrogen-bond acceptors (Lipinski definition) is 12. The normalized spacial score (nSPS) is 10.0. The largest absolute Gasteiger partial charge is 0.483 e. The summed E-state index contributed by atoms with van der Waals surface area (Å²) in [5.41, 5.74) is 0.211. The number of amides is 2. The molecule has 0 heterocycles. The standard InChI is InChI=1S/C26H28N2O12/c1-35-23(31)15-5-7-17(25(33)37-3)19(11-15)39-13-21(29)27-9-10-28-22(30)14-40-20-12-16(24(32)36-2)6-8-18(20)26(34)38-4/h5-8,11-12H,9-10,13-14H2,1-4H3,(H,27,29)(H,28,30). The molecular formula is C26H28N2O12. The molecule has 0 bridgehead atoms. The summed E-state index contributed by atoms with van der Waals surface area (Å²) in [5, 5.41) is 5.02. The maximum absolute atomic E-state index is 12.2. The Morgan fingerprint density at radius 2 is 0.900 bits per heavy atom. The summed E-state index contributed by atoms with van der Waals surface area (Å²) in [7, 11) is 4.73. The van der Waals surface area contributed by atoms with Crippen molar-refractivity contribution in [2.45, 2.75) is 0 Å². The maximum atomic E-state index is 12.2. The van der Waals surface area contributed by atoms with E-state index in [1.165, 1.54) is 64.8 Å². The van der Waals surface area contributed by atoms with Crippen LogP contribution in [0.4, 0.5) is 0 Å². The van der Waals surface area contributed by atoms with Gasteiger partial charge in [-0.05, 0) is 36.4 Å². The number of carbonyl (C=O) groups excluding carboxylic acids is 6. The van der Waals surface area contributed by atoms with Crippen molar-refractivity contribution in [1.82, 2.24) is 10.6 Å². The Bertz CT molecular complexity index is 1180. The Morgan fingerprint density at radius 1 is 0.550 bits per heavy atom. The minimum atomic E-state index is -0.729. The monoisotopic (exact) mass is 560 g/mol. The molecule has 2 N–H and O–H groups in total. The summed E-state index contributed by atoms with van der Waals surface area (Å²) in [6, 6.07) is 7.81. The van der Waals surface area contributed by atoms with Crippen molar-refractivity contribution in [2.75, 3.05) is 54.7 Å². The van der Waals surface area contributed by atoms with Gasteiger partial charge in [-0.1, -0.05) is 0 Å². The molecule has 2 aromatic rings. The molecule has 0 aromatic heterocycles. The molecule has 0 spiro atoms. The molecule has 0 saturated carbocycles. The summed E-state index contributed by atoms with van der Waals surface area (Å²) >= 11 is 0.